The Morgan fingerprint density at radius 3 is 2.67 bits per heavy atom. The van der Waals surface area contributed by atoms with Gasteiger partial charge in [-0.05, 0) is 31.6 Å². The Bertz CT molecular complexity index is 271. The summed E-state index contributed by atoms with van der Waals surface area (Å²) in [6, 6.07) is 3.57. The molecule has 3 nitrogen and oxygen atoms in total. The van der Waals surface area contributed by atoms with Crippen LogP contribution in [0.15, 0.2) is 18.3 Å². The molecule has 0 spiro atoms. The van der Waals surface area contributed by atoms with Crippen LogP contribution in [-0.2, 0) is 6.54 Å². The largest absolute Gasteiger partial charge is 0.506 e. The molecule has 1 heterocycles. The molecule has 0 atom stereocenters. The van der Waals surface area contributed by atoms with Gasteiger partial charge in [0.15, 0.2) is 0 Å². The molecule has 0 saturated heterocycles. The van der Waals surface area contributed by atoms with Gasteiger partial charge in [-0.25, -0.2) is 0 Å². The van der Waals surface area contributed by atoms with Gasteiger partial charge in [-0.1, -0.05) is 20.3 Å². The Hall–Kier alpha value is -1.09. The number of aromatic hydroxyl groups is 1. The number of nitrogens with zero attached hydrogens (tertiary/aromatic N) is 2. The van der Waals surface area contributed by atoms with E-state index in [1.807, 2.05) is 6.07 Å². The van der Waals surface area contributed by atoms with E-state index in [0.29, 0.717) is 0 Å². The quantitative estimate of drug-likeness (QED) is 0.780. The lowest BCUT2D eigenvalue weighted by atomic mass is 10.3. The third-order valence-corrected chi connectivity index (χ3v) is 2.47. The Kier molecular flexibility index (Phi) is 5.12. The predicted molar refractivity (Wildman–Crippen MR) is 61.8 cm³/mol. The van der Waals surface area contributed by atoms with Crippen molar-refractivity contribution in [3.63, 3.8) is 0 Å². The Balaban J connectivity index is 2.47. The van der Waals surface area contributed by atoms with Gasteiger partial charge in [-0.15, -0.1) is 0 Å². The van der Waals surface area contributed by atoms with Crippen molar-refractivity contribution in [2.24, 2.45) is 0 Å². The van der Waals surface area contributed by atoms with E-state index in [9.17, 15) is 0 Å². The highest BCUT2D eigenvalue weighted by atomic mass is 16.3. The normalized spacial score (nSPS) is 10.9. The lowest BCUT2D eigenvalue weighted by Gasteiger charge is -2.19. The summed E-state index contributed by atoms with van der Waals surface area (Å²) in [6.07, 6.45) is 3.95. The minimum absolute atomic E-state index is 0.232. The Morgan fingerprint density at radius 1 is 1.33 bits per heavy atom. The Morgan fingerprint density at radius 2 is 2.13 bits per heavy atom. The van der Waals surface area contributed by atoms with Crippen LogP contribution in [0, 0.1) is 0 Å². The summed E-state index contributed by atoms with van der Waals surface area (Å²) in [7, 11) is 0. The number of rotatable bonds is 6. The summed E-state index contributed by atoms with van der Waals surface area (Å²) in [5.41, 5.74) is 1.02. The molecule has 0 radical (unpaired) electrons. The molecule has 0 aliphatic heterocycles. The molecule has 1 aromatic rings. The molecule has 0 bridgehead atoms. The molecule has 0 fully saturated rings. The molecule has 84 valence electrons. The number of hydrogen-bond acceptors (Lipinski definition) is 3. The second-order valence-corrected chi connectivity index (χ2v) is 3.73. The molecule has 0 aliphatic carbocycles. The van der Waals surface area contributed by atoms with E-state index in [2.05, 4.69) is 23.7 Å². The Labute approximate surface area is 91.8 Å². The molecule has 3 heteroatoms. The van der Waals surface area contributed by atoms with Crippen LogP contribution in [0.2, 0.25) is 0 Å². The third kappa shape index (κ3) is 4.30. The van der Waals surface area contributed by atoms with Crippen LogP contribution >= 0.6 is 0 Å². The van der Waals surface area contributed by atoms with Crippen molar-refractivity contribution in [1.82, 2.24) is 9.88 Å². The SMILES string of the molecule is CCCCN(CC)Cc1ccc(O)cn1. The minimum atomic E-state index is 0.232. The molecule has 0 saturated carbocycles. The first-order valence-electron chi connectivity index (χ1n) is 5.62. The maximum Gasteiger partial charge on any atom is 0.133 e. The molecular weight excluding hydrogens is 188 g/mol. The number of unbranched alkanes of at least 4 members (excludes halogenated alkanes) is 1. The topological polar surface area (TPSA) is 36.4 Å². The lowest BCUT2D eigenvalue weighted by Crippen LogP contribution is -2.24. The molecule has 1 rings (SSSR count). The van der Waals surface area contributed by atoms with Crippen molar-refractivity contribution < 1.29 is 5.11 Å². The van der Waals surface area contributed by atoms with Crippen molar-refractivity contribution in [3.05, 3.63) is 24.0 Å². The predicted octanol–water partition coefficient (Wildman–Crippen LogP) is 2.41. The molecule has 0 aliphatic rings. The summed E-state index contributed by atoms with van der Waals surface area (Å²) >= 11 is 0. The van der Waals surface area contributed by atoms with Crippen LogP contribution in [0.3, 0.4) is 0 Å². The first kappa shape index (κ1) is 12.0. The van der Waals surface area contributed by atoms with E-state index < -0.39 is 0 Å². The van der Waals surface area contributed by atoms with Gasteiger partial charge < -0.3 is 5.11 Å². The minimum Gasteiger partial charge on any atom is -0.506 e. The summed E-state index contributed by atoms with van der Waals surface area (Å²) in [4.78, 5) is 6.55. The van der Waals surface area contributed by atoms with Crippen LogP contribution in [-0.4, -0.2) is 28.1 Å². The van der Waals surface area contributed by atoms with Gasteiger partial charge in [0.1, 0.15) is 5.75 Å². The van der Waals surface area contributed by atoms with Crippen molar-refractivity contribution >= 4 is 0 Å². The van der Waals surface area contributed by atoms with Crippen molar-refractivity contribution in [2.45, 2.75) is 33.2 Å². The highest BCUT2D eigenvalue weighted by Gasteiger charge is 2.03. The second-order valence-electron chi connectivity index (χ2n) is 3.73. The fourth-order valence-corrected chi connectivity index (χ4v) is 1.47. The zero-order chi connectivity index (χ0) is 11.1. The molecule has 1 N–H and O–H groups in total. The molecule has 15 heavy (non-hydrogen) atoms. The van der Waals surface area contributed by atoms with E-state index in [-0.39, 0.29) is 5.75 Å². The van der Waals surface area contributed by atoms with Gasteiger partial charge >= 0.3 is 0 Å². The molecule has 0 unspecified atom stereocenters. The summed E-state index contributed by atoms with van der Waals surface area (Å²) in [6.45, 7) is 7.40. The van der Waals surface area contributed by atoms with Crippen LogP contribution in [0.25, 0.3) is 0 Å². The molecule has 0 amide bonds. The molecule has 1 aromatic heterocycles. The monoisotopic (exact) mass is 208 g/mol. The average Bonchev–Trinajstić information content (AvgIpc) is 2.27. The third-order valence-electron chi connectivity index (χ3n) is 2.47. The van der Waals surface area contributed by atoms with Crippen LogP contribution in [0.1, 0.15) is 32.4 Å². The van der Waals surface area contributed by atoms with E-state index in [4.69, 9.17) is 5.11 Å². The van der Waals surface area contributed by atoms with Crippen molar-refractivity contribution in [3.8, 4) is 5.75 Å². The first-order valence-corrected chi connectivity index (χ1v) is 5.62. The van der Waals surface area contributed by atoms with Gasteiger partial charge in [0.2, 0.25) is 0 Å². The smallest absolute Gasteiger partial charge is 0.133 e. The van der Waals surface area contributed by atoms with Crippen LogP contribution in [0.4, 0.5) is 0 Å². The van der Waals surface area contributed by atoms with E-state index in [1.165, 1.54) is 19.0 Å². The number of aromatic nitrogens is 1. The van der Waals surface area contributed by atoms with Gasteiger partial charge in [0.05, 0.1) is 11.9 Å². The van der Waals surface area contributed by atoms with E-state index in [0.717, 1.165) is 25.3 Å². The summed E-state index contributed by atoms with van der Waals surface area (Å²) in [5, 5.41) is 9.11. The highest BCUT2D eigenvalue weighted by molar-refractivity contribution is 5.17. The molecule has 0 aromatic carbocycles. The van der Waals surface area contributed by atoms with Crippen molar-refractivity contribution in [2.75, 3.05) is 13.1 Å². The van der Waals surface area contributed by atoms with Gasteiger partial charge in [-0.2, -0.15) is 0 Å². The number of hydrogen-bond donors (Lipinski definition) is 1. The highest BCUT2D eigenvalue weighted by Crippen LogP contribution is 2.08. The maximum atomic E-state index is 9.11. The fourth-order valence-electron chi connectivity index (χ4n) is 1.47. The average molecular weight is 208 g/mol. The zero-order valence-electron chi connectivity index (χ0n) is 9.61. The van der Waals surface area contributed by atoms with Crippen LogP contribution < -0.4 is 0 Å². The van der Waals surface area contributed by atoms with E-state index in [1.54, 1.807) is 6.07 Å². The van der Waals surface area contributed by atoms with Crippen molar-refractivity contribution in [1.29, 1.82) is 0 Å². The van der Waals surface area contributed by atoms with Gasteiger partial charge in [0.25, 0.3) is 0 Å². The van der Waals surface area contributed by atoms with E-state index >= 15 is 0 Å². The standard InChI is InChI=1S/C12H20N2O/c1-3-5-8-14(4-2)10-11-6-7-12(15)9-13-11/h6-7,9,15H,3-5,8,10H2,1-2H3. The maximum absolute atomic E-state index is 9.11. The van der Waals surface area contributed by atoms with Crippen LogP contribution in [0.5, 0.6) is 5.75 Å². The van der Waals surface area contributed by atoms with Gasteiger partial charge in [0, 0.05) is 6.54 Å². The summed E-state index contributed by atoms with van der Waals surface area (Å²) in [5.74, 6) is 0.232. The summed E-state index contributed by atoms with van der Waals surface area (Å²) < 4.78 is 0. The first-order chi connectivity index (χ1) is 7.26. The fraction of sp³-hybridized carbons (Fsp3) is 0.583. The van der Waals surface area contributed by atoms with Gasteiger partial charge in [-0.3, -0.25) is 9.88 Å². The zero-order valence-corrected chi connectivity index (χ0v) is 9.61. The number of pyridine rings is 1. The lowest BCUT2D eigenvalue weighted by molar-refractivity contribution is 0.272. The molecular formula is C12H20N2O. The second kappa shape index (κ2) is 6.40.